The van der Waals surface area contributed by atoms with Crippen LogP contribution in [0.25, 0.3) is 10.8 Å². The van der Waals surface area contributed by atoms with Crippen molar-refractivity contribution in [2.24, 2.45) is 5.14 Å². The molecule has 3 aromatic rings. The van der Waals surface area contributed by atoms with Gasteiger partial charge in [0.05, 0.1) is 4.90 Å². The predicted octanol–water partition coefficient (Wildman–Crippen LogP) is 1.77. The van der Waals surface area contributed by atoms with E-state index in [1.807, 2.05) is 0 Å². The first-order chi connectivity index (χ1) is 12.8. The van der Waals surface area contributed by atoms with Crippen LogP contribution in [-0.2, 0) is 19.6 Å². The number of anilines is 2. The SMILES string of the molecule is NS(=O)(=O)c1ccc(NC(=O)C(=O)Nc2cccc3c(O)cccc23)cc1. The highest BCUT2D eigenvalue weighted by Crippen LogP contribution is 2.29. The van der Waals surface area contributed by atoms with Crippen LogP contribution >= 0.6 is 0 Å². The van der Waals surface area contributed by atoms with Crippen molar-refractivity contribution in [2.45, 2.75) is 4.90 Å². The van der Waals surface area contributed by atoms with E-state index in [0.717, 1.165) is 0 Å². The van der Waals surface area contributed by atoms with Gasteiger partial charge in [0.25, 0.3) is 0 Å². The number of nitrogens with one attached hydrogen (secondary N) is 2. The number of sulfonamides is 1. The highest BCUT2D eigenvalue weighted by Gasteiger charge is 2.16. The highest BCUT2D eigenvalue weighted by atomic mass is 32.2. The summed E-state index contributed by atoms with van der Waals surface area (Å²) in [6.07, 6.45) is 0. The fourth-order valence-electron chi connectivity index (χ4n) is 2.50. The molecule has 0 atom stereocenters. The molecule has 2 amide bonds. The van der Waals surface area contributed by atoms with Crippen molar-refractivity contribution >= 4 is 44.0 Å². The fraction of sp³-hybridized carbons (Fsp3) is 0. The standard InChI is InChI=1S/C18H15N3O5S/c19-27(25,26)12-9-7-11(8-10-12)20-17(23)18(24)21-15-5-1-4-14-13(15)3-2-6-16(14)22/h1-10,22H,(H,20,23)(H,21,24)(H2,19,25,26). The minimum atomic E-state index is -3.84. The average Bonchev–Trinajstić information content (AvgIpc) is 2.62. The van der Waals surface area contributed by atoms with Crippen molar-refractivity contribution in [3.05, 3.63) is 60.7 Å². The Labute approximate surface area is 154 Å². The Morgan fingerprint density at radius 1 is 0.815 bits per heavy atom. The Morgan fingerprint density at radius 2 is 1.41 bits per heavy atom. The molecule has 0 spiro atoms. The lowest BCUT2D eigenvalue weighted by molar-refractivity contribution is -0.132. The Bertz CT molecular complexity index is 1140. The molecule has 0 unspecified atom stereocenters. The number of amides is 2. The number of hydrogen-bond donors (Lipinski definition) is 4. The number of primary sulfonamides is 1. The predicted molar refractivity (Wildman–Crippen MR) is 101 cm³/mol. The molecular formula is C18H15N3O5S. The van der Waals surface area contributed by atoms with E-state index in [1.54, 1.807) is 30.3 Å². The molecule has 0 saturated heterocycles. The maximum atomic E-state index is 12.2. The van der Waals surface area contributed by atoms with E-state index < -0.39 is 21.8 Å². The largest absolute Gasteiger partial charge is 0.507 e. The zero-order valence-electron chi connectivity index (χ0n) is 13.8. The van der Waals surface area contributed by atoms with Crippen LogP contribution in [0.1, 0.15) is 0 Å². The summed E-state index contributed by atoms with van der Waals surface area (Å²) in [5.74, 6) is -1.79. The Morgan fingerprint density at radius 3 is 2.07 bits per heavy atom. The molecule has 0 saturated carbocycles. The lowest BCUT2D eigenvalue weighted by Gasteiger charge is -2.10. The van der Waals surface area contributed by atoms with Crippen molar-refractivity contribution in [3.8, 4) is 5.75 Å². The van der Waals surface area contributed by atoms with Gasteiger partial charge in [0, 0.05) is 22.1 Å². The minimum Gasteiger partial charge on any atom is -0.507 e. The third-order valence-corrected chi connectivity index (χ3v) is 4.72. The summed E-state index contributed by atoms with van der Waals surface area (Å²) in [4.78, 5) is 24.1. The van der Waals surface area contributed by atoms with Crippen LogP contribution in [0.5, 0.6) is 5.75 Å². The van der Waals surface area contributed by atoms with Crippen LogP contribution in [0.15, 0.2) is 65.6 Å². The molecule has 3 aromatic carbocycles. The molecule has 9 heteroatoms. The first-order valence-corrected chi connectivity index (χ1v) is 9.26. The van der Waals surface area contributed by atoms with Gasteiger partial charge in [0.2, 0.25) is 10.0 Å². The Balaban J connectivity index is 1.75. The van der Waals surface area contributed by atoms with E-state index in [0.29, 0.717) is 16.5 Å². The molecule has 8 nitrogen and oxygen atoms in total. The van der Waals surface area contributed by atoms with E-state index >= 15 is 0 Å². The monoisotopic (exact) mass is 385 g/mol. The lowest BCUT2D eigenvalue weighted by atomic mass is 10.1. The first-order valence-electron chi connectivity index (χ1n) is 7.71. The maximum Gasteiger partial charge on any atom is 0.314 e. The van der Waals surface area contributed by atoms with E-state index in [1.165, 1.54) is 30.3 Å². The maximum absolute atomic E-state index is 12.2. The number of phenolic OH excluding ortho intramolecular Hbond substituents is 1. The second kappa shape index (κ2) is 7.06. The fourth-order valence-corrected chi connectivity index (χ4v) is 3.01. The van der Waals surface area contributed by atoms with Gasteiger partial charge in [0.15, 0.2) is 0 Å². The average molecular weight is 385 g/mol. The van der Waals surface area contributed by atoms with Gasteiger partial charge < -0.3 is 15.7 Å². The molecule has 27 heavy (non-hydrogen) atoms. The molecule has 5 N–H and O–H groups in total. The molecule has 0 bridgehead atoms. The van der Waals surface area contributed by atoms with Gasteiger partial charge in [0.1, 0.15) is 5.75 Å². The van der Waals surface area contributed by atoms with E-state index in [2.05, 4.69) is 10.6 Å². The summed E-state index contributed by atoms with van der Waals surface area (Å²) in [7, 11) is -3.84. The molecular weight excluding hydrogens is 370 g/mol. The summed E-state index contributed by atoms with van der Waals surface area (Å²) < 4.78 is 22.4. The summed E-state index contributed by atoms with van der Waals surface area (Å²) in [6, 6.07) is 14.9. The highest BCUT2D eigenvalue weighted by molar-refractivity contribution is 7.89. The van der Waals surface area contributed by atoms with Crippen LogP contribution < -0.4 is 15.8 Å². The van der Waals surface area contributed by atoms with Crippen LogP contribution in [0, 0.1) is 0 Å². The van der Waals surface area contributed by atoms with Gasteiger partial charge in [-0.05, 0) is 36.4 Å². The number of fused-ring (bicyclic) bond motifs is 1. The Hall–Kier alpha value is -3.43. The van der Waals surface area contributed by atoms with Gasteiger partial charge in [-0.1, -0.05) is 24.3 Å². The summed E-state index contributed by atoms with van der Waals surface area (Å²) in [6.45, 7) is 0. The molecule has 0 heterocycles. The van der Waals surface area contributed by atoms with Gasteiger partial charge in [-0.3, -0.25) is 9.59 Å². The third kappa shape index (κ3) is 4.05. The lowest BCUT2D eigenvalue weighted by Crippen LogP contribution is -2.29. The summed E-state index contributed by atoms with van der Waals surface area (Å²) >= 11 is 0. The second-order valence-electron chi connectivity index (χ2n) is 5.66. The van der Waals surface area contributed by atoms with Crippen LogP contribution in [0.2, 0.25) is 0 Å². The van der Waals surface area contributed by atoms with Crippen LogP contribution in [0.4, 0.5) is 11.4 Å². The molecule has 0 aliphatic heterocycles. The summed E-state index contributed by atoms with van der Waals surface area (Å²) in [5, 5.41) is 20.8. The van der Waals surface area contributed by atoms with Crippen molar-refractivity contribution < 1.29 is 23.1 Å². The quantitative estimate of drug-likeness (QED) is 0.509. The number of carbonyl (C=O) groups is 2. The van der Waals surface area contributed by atoms with Crippen LogP contribution in [-0.4, -0.2) is 25.3 Å². The van der Waals surface area contributed by atoms with Gasteiger partial charge in [-0.2, -0.15) is 0 Å². The molecule has 0 radical (unpaired) electrons. The summed E-state index contributed by atoms with van der Waals surface area (Å²) in [5.41, 5.74) is 0.603. The molecule has 0 aliphatic carbocycles. The van der Waals surface area contributed by atoms with Gasteiger partial charge in [-0.15, -0.1) is 0 Å². The van der Waals surface area contributed by atoms with E-state index in [4.69, 9.17) is 5.14 Å². The number of hydrogen-bond acceptors (Lipinski definition) is 5. The van der Waals surface area contributed by atoms with E-state index in [9.17, 15) is 23.1 Å². The third-order valence-electron chi connectivity index (χ3n) is 3.79. The number of nitrogens with two attached hydrogens (primary N) is 1. The van der Waals surface area contributed by atoms with Crippen molar-refractivity contribution in [1.82, 2.24) is 0 Å². The second-order valence-corrected chi connectivity index (χ2v) is 7.22. The molecule has 3 rings (SSSR count). The van der Waals surface area contributed by atoms with Crippen molar-refractivity contribution in [3.63, 3.8) is 0 Å². The number of aromatic hydroxyl groups is 1. The normalized spacial score (nSPS) is 11.1. The molecule has 138 valence electrons. The number of carbonyl (C=O) groups excluding carboxylic acids is 2. The Kier molecular flexibility index (Phi) is 4.80. The van der Waals surface area contributed by atoms with Crippen LogP contribution in [0.3, 0.4) is 0 Å². The number of rotatable bonds is 3. The zero-order chi connectivity index (χ0) is 19.6. The van der Waals surface area contributed by atoms with Crippen molar-refractivity contribution in [2.75, 3.05) is 10.6 Å². The molecule has 0 aromatic heterocycles. The minimum absolute atomic E-state index is 0.0583. The van der Waals surface area contributed by atoms with Crippen molar-refractivity contribution in [1.29, 1.82) is 0 Å². The van der Waals surface area contributed by atoms with E-state index in [-0.39, 0.29) is 16.3 Å². The zero-order valence-corrected chi connectivity index (χ0v) is 14.7. The van der Waals surface area contributed by atoms with Gasteiger partial charge in [-0.25, -0.2) is 13.6 Å². The number of phenols is 1. The first kappa shape index (κ1) is 18.4. The smallest absolute Gasteiger partial charge is 0.314 e. The topological polar surface area (TPSA) is 139 Å². The number of benzene rings is 3. The van der Waals surface area contributed by atoms with Gasteiger partial charge >= 0.3 is 11.8 Å². The molecule has 0 fully saturated rings. The molecule has 0 aliphatic rings.